The number of hydrogen-bond acceptors (Lipinski definition) is 3. The van der Waals surface area contributed by atoms with Gasteiger partial charge in [0.1, 0.15) is 5.82 Å². The molecule has 0 atom stereocenters. The summed E-state index contributed by atoms with van der Waals surface area (Å²) in [5.74, 6) is 1.42. The van der Waals surface area contributed by atoms with Crippen LogP contribution in [0.1, 0.15) is 26.1 Å². The van der Waals surface area contributed by atoms with Gasteiger partial charge in [0, 0.05) is 0 Å². The van der Waals surface area contributed by atoms with Crippen LogP contribution in [0.5, 0.6) is 0 Å². The molecule has 2 aromatic rings. The number of para-hydroxylation sites is 1. The average Bonchev–Trinajstić information content (AvgIpc) is 2.36. The van der Waals surface area contributed by atoms with E-state index in [0.29, 0.717) is 17.8 Å². The molecule has 0 bridgehead atoms. The molecule has 0 amide bonds. The van der Waals surface area contributed by atoms with Crippen LogP contribution in [-0.2, 0) is 6.54 Å². The molecule has 0 aliphatic heterocycles. The fourth-order valence-electron chi connectivity index (χ4n) is 2.02. The molecule has 2 rings (SSSR count). The molecule has 1 heterocycles. The molecule has 1 aromatic heterocycles. The van der Waals surface area contributed by atoms with Gasteiger partial charge in [0.2, 0.25) is 0 Å². The number of aromatic amines is 1. The Morgan fingerprint density at radius 2 is 2.05 bits per heavy atom. The van der Waals surface area contributed by atoms with Gasteiger partial charge in [0.25, 0.3) is 5.56 Å². The van der Waals surface area contributed by atoms with Crippen molar-refractivity contribution in [1.82, 2.24) is 14.9 Å². The molecule has 0 aliphatic carbocycles. The number of nitrogens with one attached hydrogen (secondary N) is 1. The third kappa shape index (κ3) is 3.64. The predicted octanol–water partition coefficient (Wildman–Crippen LogP) is 2.40. The molecular formula is C15H21N3O. The van der Waals surface area contributed by atoms with Crippen LogP contribution in [0, 0.1) is 5.92 Å². The lowest BCUT2D eigenvalue weighted by atomic mass is 10.1. The summed E-state index contributed by atoms with van der Waals surface area (Å²) < 4.78 is 0. The highest BCUT2D eigenvalue weighted by molar-refractivity contribution is 5.77. The molecule has 4 nitrogen and oxygen atoms in total. The summed E-state index contributed by atoms with van der Waals surface area (Å²) >= 11 is 0. The monoisotopic (exact) mass is 259 g/mol. The Bertz CT molecular complexity index is 604. The van der Waals surface area contributed by atoms with Crippen molar-refractivity contribution in [1.29, 1.82) is 0 Å². The molecule has 0 saturated carbocycles. The van der Waals surface area contributed by atoms with E-state index in [1.807, 2.05) is 18.2 Å². The highest BCUT2D eigenvalue weighted by Crippen LogP contribution is 2.07. The lowest BCUT2D eigenvalue weighted by molar-refractivity contribution is 0.296. The van der Waals surface area contributed by atoms with Gasteiger partial charge in [-0.3, -0.25) is 9.69 Å². The van der Waals surface area contributed by atoms with Crippen LogP contribution in [0.2, 0.25) is 0 Å². The van der Waals surface area contributed by atoms with Crippen molar-refractivity contribution in [3.63, 3.8) is 0 Å². The zero-order chi connectivity index (χ0) is 13.8. The molecule has 102 valence electrons. The summed E-state index contributed by atoms with van der Waals surface area (Å²) in [5, 5.41) is 0.649. The van der Waals surface area contributed by atoms with Crippen molar-refractivity contribution < 1.29 is 0 Å². The fourth-order valence-corrected chi connectivity index (χ4v) is 2.02. The maximum atomic E-state index is 11.9. The van der Waals surface area contributed by atoms with E-state index in [9.17, 15) is 4.79 Å². The van der Waals surface area contributed by atoms with Crippen LogP contribution in [-0.4, -0.2) is 28.5 Å². The minimum atomic E-state index is -0.0575. The molecule has 19 heavy (non-hydrogen) atoms. The largest absolute Gasteiger partial charge is 0.309 e. The Kier molecular flexibility index (Phi) is 4.32. The van der Waals surface area contributed by atoms with E-state index in [2.05, 4.69) is 35.8 Å². The summed E-state index contributed by atoms with van der Waals surface area (Å²) in [4.78, 5) is 21.5. The normalized spacial score (nSPS) is 11.6. The van der Waals surface area contributed by atoms with Crippen LogP contribution >= 0.6 is 0 Å². The first-order valence-corrected chi connectivity index (χ1v) is 6.72. The van der Waals surface area contributed by atoms with Crippen molar-refractivity contribution in [3.8, 4) is 0 Å². The van der Waals surface area contributed by atoms with E-state index >= 15 is 0 Å². The maximum absolute atomic E-state index is 11.9. The van der Waals surface area contributed by atoms with Crippen LogP contribution in [0.4, 0.5) is 0 Å². The van der Waals surface area contributed by atoms with Gasteiger partial charge in [-0.2, -0.15) is 0 Å². The third-order valence-corrected chi connectivity index (χ3v) is 3.17. The predicted molar refractivity (Wildman–Crippen MR) is 78.2 cm³/mol. The quantitative estimate of drug-likeness (QED) is 0.897. The van der Waals surface area contributed by atoms with Crippen molar-refractivity contribution in [2.24, 2.45) is 5.92 Å². The molecule has 0 unspecified atom stereocenters. The zero-order valence-electron chi connectivity index (χ0n) is 11.8. The molecule has 0 aliphatic rings. The summed E-state index contributed by atoms with van der Waals surface area (Å²) in [6.45, 7) is 6.11. The van der Waals surface area contributed by atoms with Gasteiger partial charge >= 0.3 is 0 Å². The van der Waals surface area contributed by atoms with Crippen LogP contribution in [0.25, 0.3) is 10.9 Å². The highest BCUT2D eigenvalue weighted by atomic mass is 16.1. The van der Waals surface area contributed by atoms with E-state index in [-0.39, 0.29) is 5.56 Å². The molecule has 0 saturated heterocycles. The highest BCUT2D eigenvalue weighted by Gasteiger charge is 2.06. The Morgan fingerprint density at radius 1 is 1.32 bits per heavy atom. The molecule has 0 fully saturated rings. The lowest BCUT2D eigenvalue weighted by Gasteiger charge is -2.17. The first kappa shape index (κ1) is 13.7. The van der Waals surface area contributed by atoms with Crippen LogP contribution in [0.3, 0.4) is 0 Å². The lowest BCUT2D eigenvalue weighted by Crippen LogP contribution is -2.23. The second-order valence-corrected chi connectivity index (χ2v) is 5.45. The van der Waals surface area contributed by atoms with E-state index in [4.69, 9.17) is 0 Å². The minimum Gasteiger partial charge on any atom is -0.309 e. The standard InChI is InChI=1S/C15H21N3O/c1-11(2)8-9-18(3)10-14-16-13-7-5-4-6-12(13)15(19)17-14/h4-7,11H,8-10H2,1-3H3,(H,16,17,19). The van der Waals surface area contributed by atoms with Gasteiger partial charge in [-0.1, -0.05) is 26.0 Å². The maximum Gasteiger partial charge on any atom is 0.258 e. The topological polar surface area (TPSA) is 49.0 Å². The second kappa shape index (κ2) is 5.97. The van der Waals surface area contributed by atoms with Crippen molar-refractivity contribution in [2.45, 2.75) is 26.8 Å². The van der Waals surface area contributed by atoms with Crippen molar-refractivity contribution >= 4 is 10.9 Å². The van der Waals surface area contributed by atoms with Crippen LogP contribution in [0.15, 0.2) is 29.1 Å². The summed E-state index contributed by atoms with van der Waals surface area (Å²) in [5.41, 5.74) is 0.705. The Labute approximate surface area is 113 Å². The van der Waals surface area contributed by atoms with E-state index < -0.39 is 0 Å². The van der Waals surface area contributed by atoms with E-state index in [1.165, 1.54) is 0 Å². The van der Waals surface area contributed by atoms with E-state index in [0.717, 1.165) is 24.3 Å². The molecule has 1 N–H and O–H groups in total. The smallest absolute Gasteiger partial charge is 0.258 e. The van der Waals surface area contributed by atoms with Gasteiger partial charge in [-0.15, -0.1) is 0 Å². The number of H-pyrrole nitrogens is 1. The first-order valence-electron chi connectivity index (χ1n) is 6.72. The molecule has 4 heteroatoms. The molecule has 1 aromatic carbocycles. The number of fused-ring (bicyclic) bond motifs is 1. The summed E-state index contributed by atoms with van der Waals surface area (Å²) in [7, 11) is 2.05. The SMILES string of the molecule is CC(C)CCN(C)Cc1nc2ccccc2c(=O)[nH]1. The number of rotatable bonds is 5. The Hall–Kier alpha value is -1.68. The molecule has 0 radical (unpaired) electrons. The summed E-state index contributed by atoms with van der Waals surface area (Å²) in [6.07, 6.45) is 1.15. The number of aromatic nitrogens is 2. The number of hydrogen-bond donors (Lipinski definition) is 1. The summed E-state index contributed by atoms with van der Waals surface area (Å²) in [6, 6.07) is 7.43. The van der Waals surface area contributed by atoms with Gasteiger partial charge in [-0.05, 0) is 38.1 Å². The number of benzene rings is 1. The van der Waals surface area contributed by atoms with E-state index in [1.54, 1.807) is 6.07 Å². The third-order valence-electron chi connectivity index (χ3n) is 3.17. The molecular weight excluding hydrogens is 238 g/mol. The van der Waals surface area contributed by atoms with Gasteiger partial charge in [0.05, 0.1) is 17.4 Å². The van der Waals surface area contributed by atoms with Crippen molar-refractivity contribution in [3.05, 3.63) is 40.4 Å². The van der Waals surface area contributed by atoms with Gasteiger partial charge < -0.3 is 4.98 Å². The second-order valence-electron chi connectivity index (χ2n) is 5.45. The Morgan fingerprint density at radius 3 is 2.79 bits per heavy atom. The van der Waals surface area contributed by atoms with Crippen molar-refractivity contribution in [2.75, 3.05) is 13.6 Å². The zero-order valence-corrected chi connectivity index (χ0v) is 11.8. The average molecular weight is 259 g/mol. The Balaban J connectivity index is 2.15. The van der Waals surface area contributed by atoms with Crippen LogP contribution < -0.4 is 5.56 Å². The first-order chi connectivity index (χ1) is 9.06. The minimum absolute atomic E-state index is 0.0575. The fraction of sp³-hybridized carbons (Fsp3) is 0.467. The number of nitrogens with zero attached hydrogens (tertiary/aromatic N) is 2. The molecule has 0 spiro atoms. The van der Waals surface area contributed by atoms with Gasteiger partial charge in [0.15, 0.2) is 0 Å². The van der Waals surface area contributed by atoms with Gasteiger partial charge in [-0.25, -0.2) is 4.98 Å².